The Bertz CT molecular complexity index is 327. The van der Waals surface area contributed by atoms with Gasteiger partial charge in [-0.25, -0.2) is 8.78 Å². The molecule has 0 aliphatic carbocycles. The Labute approximate surface area is 80.0 Å². The van der Waals surface area contributed by atoms with Crippen molar-refractivity contribution in [3.63, 3.8) is 0 Å². The molecule has 0 radical (unpaired) electrons. The van der Waals surface area contributed by atoms with Crippen LogP contribution in [0.5, 0.6) is 5.75 Å². The van der Waals surface area contributed by atoms with Gasteiger partial charge in [-0.3, -0.25) is 0 Å². The maximum Gasteiger partial charge on any atom is 0.165 e. The number of hydrogen-bond donors (Lipinski definition) is 3. The molecular formula is C9H11F2NO2. The highest BCUT2D eigenvalue weighted by atomic mass is 19.1. The van der Waals surface area contributed by atoms with E-state index in [1.807, 2.05) is 0 Å². The summed E-state index contributed by atoms with van der Waals surface area (Å²) in [6.07, 6.45) is 0. The largest absolute Gasteiger partial charge is 0.505 e. The highest BCUT2D eigenvalue weighted by Crippen LogP contribution is 2.29. The number of benzene rings is 1. The summed E-state index contributed by atoms with van der Waals surface area (Å²) in [5.74, 6) is -2.43. The van der Waals surface area contributed by atoms with Gasteiger partial charge in [0.15, 0.2) is 11.6 Å². The zero-order chi connectivity index (χ0) is 10.7. The van der Waals surface area contributed by atoms with Crippen LogP contribution in [0.4, 0.5) is 8.78 Å². The van der Waals surface area contributed by atoms with Gasteiger partial charge >= 0.3 is 0 Å². The number of phenolic OH excluding ortho intramolecular Hbond substituents is 1. The lowest BCUT2D eigenvalue weighted by molar-refractivity contribution is 0.243. The summed E-state index contributed by atoms with van der Waals surface area (Å²) in [5.41, 5.74) is -0.255. The Morgan fingerprint density at radius 3 is 2.43 bits per heavy atom. The van der Waals surface area contributed by atoms with E-state index in [1.165, 1.54) is 7.05 Å². The molecule has 1 rings (SSSR count). The molecule has 0 heterocycles. The van der Waals surface area contributed by atoms with Gasteiger partial charge in [0.25, 0.3) is 0 Å². The van der Waals surface area contributed by atoms with Crippen molar-refractivity contribution in [2.75, 3.05) is 13.7 Å². The van der Waals surface area contributed by atoms with Gasteiger partial charge in [0.1, 0.15) is 5.82 Å². The molecule has 1 aromatic carbocycles. The van der Waals surface area contributed by atoms with Gasteiger partial charge in [-0.2, -0.15) is 0 Å². The number of nitrogens with one attached hydrogen (secondary N) is 1. The van der Waals surface area contributed by atoms with Gasteiger partial charge in [-0.05, 0) is 19.2 Å². The second kappa shape index (κ2) is 4.34. The van der Waals surface area contributed by atoms with Crippen molar-refractivity contribution in [1.82, 2.24) is 5.32 Å². The third-order valence-electron chi connectivity index (χ3n) is 1.99. The third kappa shape index (κ3) is 1.83. The predicted molar refractivity (Wildman–Crippen MR) is 46.9 cm³/mol. The minimum Gasteiger partial charge on any atom is -0.505 e. The van der Waals surface area contributed by atoms with Crippen LogP contribution in [0.25, 0.3) is 0 Å². The van der Waals surface area contributed by atoms with Crippen LogP contribution in [-0.2, 0) is 0 Å². The van der Waals surface area contributed by atoms with Crippen LogP contribution in [0, 0.1) is 11.6 Å². The van der Waals surface area contributed by atoms with Crippen LogP contribution >= 0.6 is 0 Å². The maximum atomic E-state index is 13.2. The molecule has 0 bridgehead atoms. The molecule has 0 saturated heterocycles. The van der Waals surface area contributed by atoms with Crippen molar-refractivity contribution in [3.05, 3.63) is 29.3 Å². The molecule has 3 nitrogen and oxygen atoms in total. The van der Waals surface area contributed by atoms with Crippen molar-refractivity contribution in [3.8, 4) is 5.75 Å². The number of likely N-dealkylation sites (N-methyl/N-ethyl adjacent to an activating group) is 1. The first-order chi connectivity index (χ1) is 6.61. The zero-order valence-electron chi connectivity index (χ0n) is 7.59. The first-order valence-corrected chi connectivity index (χ1v) is 4.06. The topological polar surface area (TPSA) is 52.5 Å². The first-order valence-electron chi connectivity index (χ1n) is 4.06. The average molecular weight is 203 g/mol. The number of hydrogen-bond acceptors (Lipinski definition) is 3. The second-order valence-corrected chi connectivity index (χ2v) is 2.82. The van der Waals surface area contributed by atoms with E-state index in [0.717, 1.165) is 12.1 Å². The standard InChI is InChI=1S/C9H11F2NO2/c1-12-7(4-13)8-5(10)2-3-6(11)9(8)14/h2-3,7,12-14H,4H2,1H3/t7-/m1/s1. The molecule has 3 N–H and O–H groups in total. The normalized spacial score (nSPS) is 12.9. The number of aliphatic hydroxyl groups is 1. The van der Waals surface area contributed by atoms with Gasteiger partial charge in [0.2, 0.25) is 0 Å². The lowest BCUT2D eigenvalue weighted by Gasteiger charge is -2.15. The fourth-order valence-electron chi connectivity index (χ4n) is 1.22. The quantitative estimate of drug-likeness (QED) is 0.684. The Hall–Kier alpha value is -1.20. The molecule has 0 saturated carbocycles. The molecular weight excluding hydrogens is 192 g/mol. The number of aromatic hydroxyl groups is 1. The molecule has 5 heteroatoms. The molecule has 0 unspecified atom stereocenters. The van der Waals surface area contributed by atoms with Gasteiger partial charge in [0, 0.05) is 0 Å². The molecule has 14 heavy (non-hydrogen) atoms. The van der Waals surface area contributed by atoms with E-state index in [9.17, 15) is 13.9 Å². The molecule has 0 aliphatic rings. The molecule has 0 fully saturated rings. The molecule has 0 amide bonds. The van der Waals surface area contributed by atoms with Crippen molar-refractivity contribution in [2.45, 2.75) is 6.04 Å². The van der Waals surface area contributed by atoms with Gasteiger partial charge in [-0.15, -0.1) is 0 Å². The highest BCUT2D eigenvalue weighted by Gasteiger charge is 2.20. The summed E-state index contributed by atoms with van der Waals surface area (Å²) in [6, 6.07) is 0.925. The summed E-state index contributed by atoms with van der Waals surface area (Å²) in [6.45, 7) is -0.426. The zero-order valence-corrected chi connectivity index (χ0v) is 7.59. The van der Waals surface area contributed by atoms with E-state index in [1.54, 1.807) is 0 Å². The summed E-state index contributed by atoms with van der Waals surface area (Å²) in [7, 11) is 1.48. The molecule has 0 aromatic heterocycles. The smallest absolute Gasteiger partial charge is 0.165 e. The van der Waals surface area contributed by atoms with E-state index in [4.69, 9.17) is 5.11 Å². The second-order valence-electron chi connectivity index (χ2n) is 2.82. The Kier molecular flexibility index (Phi) is 3.38. The number of aliphatic hydroxyl groups excluding tert-OH is 1. The van der Waals surface area contributed by atoms with Crippen LogP contribution in [0.3, 0.4) is 0 Å². The van der Waals surface area contributed by atoms with Crippen molar-refractivity contribution >= 4 is 0 Å². The lowest BCUT2D eigenvalue weighted by atomic mass is 10.1. The van der Waals surface area contributed by atoms with Crippen molar-refractivity contribution in [2.24, 2.45) is 0 Å². The van der Waals surface area contributed by atoms with Crippen LogP contribution < -0.4 is 5.32 Å². The minimum atomic E-state index is -0.907. The van der Waals surface area contributed by atoms with E-state index < -0.39 is 30.0 Å². The Morgan fingerprint density at radius 1 is 1.36 bits per heavy atom. The Morgan fingerprint density at radius 2 is 1.93 bits per heavy atom. The molecule has 0 spiro atoms. The molecule has 78 valence electrons. The van der Waals surface area contributed by atoms with Gasteiger partial charge in [0.05, 0.1) is 18.2 Å². The summed E-state index contributed by atoms with van der Waals surface area (Å²) in [5, 5.41) is 20.7. The van der Waals surface area contributed by atoms with Crippen LogP contribution in [0.1, 0.15) is 11.6 Å². The average Bonchev–Trinajstić information content (AvgIpc) is 2.19. The van der Waals surface area contributed by atoms with Crippen LogP contribution in [0.15, 0.2) is 12.1 Å². The summed E-state index contributed by atoms with van der Waals surface area (Å²) in [4.78, 5) is 0. The predicted octanol–water partition coefficient (Wildman–Crippen LogP) is 0.923. The highest BCUT2D eigenvalue weighted by molar-refractivity contribution is 5.37. The van der Waals surface area contributed by atoms with Gasteiger partial charge in [-0.1, -0.05) is 0 Å². The fourth-order valence-corrected chi connectivity index (χ4v) is 1.22. The van der Waals surface area contributed by atoms with Crippen molar-refractivity contribution < 1.29 is 19.0 Å². The fraction of sp³-hybridized carbons (Fsp3) is 0.333. The van der Waals surface area contributed by atoms with Crippen molar-refractivity contribution in [1.29, 1.82) is 0 Å². The van der Waals surface area contributed by atoms with E-state index >= 15 is 0 Å². The number of halogens is 2. The SMILES string of the molecule is CN[C@H](CO)c1c(F)ccc(F)c1O. The lowest BCUT2D eigenvalue weighted by Crippen LogP contribution is -2.21. The molecule has 0 aliphatic heterocycles. The molecule has 1 aromatic rings. The summed E-state index contributed by atoms with van der Waals surface area (Å²) >= 11 is 0. The van der Waals surface area contributed by atoms with E-state index in [-0.39, 0.29) is 5.56 Å². The molecule has 1 atom stereocenters. The van der Waals surface area contributed by atoms with Crippen LogP contribution in [0.2, 0.25) is 0 Å². The minimum absolute atomic E-state index is 0.255. The monoisotopic (exact) mass is 203 g/mol. The van der Waals surface area contributed by atoms with E-state index in [2.05, 4.69) is 5.32 Å². The third-order valence-corrected chi connectivity index (χ3v) is 1.99. The number of rotatable bonds is 3. The maximum absolute atomic E-state index is 13.2. The Balaban J connectivity index is 3.23. The van der Waals surface area contributed by atoms with Crippen LogP contribution in [-0.4, -0.2) is 23.9 Å². The number of phenols is 1. The van der Waals surface area contributed by atoms with E-state index in [0.29, 0.717) is 0 Å². The van der Waals surface area contributed by atoms with Gasteiger partial charge < -0.3 is 15.5 Å². The summed E-state index contributed by atoms with van der Waals surface area (Å²) < 4.78 is 26.0. The first kappa shape index (κ1) is 10.9.